The van der Waals surface area contributed by atoms with E-state index in [2.05, 4.69) is 4.98 Å². The van der Waals surface area contributed by atoms with E-state index in [9.17, 15) is 18.0 Å². The highest BCUT2D eigenvalue weighted by atomic mass is 127. The molecule has 2 bridgehead atoms. The summed E-state index contributed by atoms with van der Waals surface area (Å²) in [4.78, 5) is 32.5. The van der Waals surface area contributed by atoms with Crippen LogP contribution in [-0.4, -0.2) is 51.7 Å². The van der Waals surface area contributed by atoms with E-state index in [1.807, 2.05) is 28.7 Å². The molecule has 1 unspecified atom stereocenters. The van der Waals surface area contributed by atoms with E-state index in [0.717, 1.165) is 4.90 Å². The zero-order valence-electron chi connectivity index (χ0n) is 15.5. The van der Waals surface area contributed by atoms with Crippen LogP contribution in [0.5, 0.6) is 0 Å². The Balaban J connectivity index is 1.56. The van der Waals surface area contributed by atoms with Crippen molar-refractivity contribution in [1.29, 1.82) is 5.26 Å². The number of amides is 3. The number of nitriles is 1. The van der Waals surface area contributed by atoms with Crippen LogP contribution in [0.1, 0.15) is 12.0 Å². The number of rotatable bonds is 3. The lowest BCUT2D eigenvalue weighted by atomic mass is 10.2. The predicted molar refractivity (Wildman–Crippen MR) is 111 cm³/mol. The number of hydrogen-bond donors (Lipinski definition) is 0. The van der Waals surface area contributed by atoms with Crippen molar-refractivity contribution in [2.24, 2.45) is 7.05 Å². The van der Waals surface area contributed by atoms with Crippen molar-refractivity contribution in [2.45, 2.75) is 17.5 Å². The van der Waals surface area contributed by atoms with Crippen molar-refractivity contribution in [3.8, 4) is 6.07 Å². The van der Waals surface area contributed by atoms with Crippen LogP contribution in [0.25, 0.3) is 0 Å². The highest BCUT2D eigenvalue weighted by molar-refractivity contribution is 14.1. The van der Waals surface area contributed by atoms with E-state index in [4.69, 9.17) is 5.26 Å². The van der Waals surface area contributed by atoms with Gasteiger partial charge >= 0.3 is 6.03 Å². The predicted octanol–water partition coefficient (Wildman–Crippen LogP) is 1.35. The monoisotopic (exact) mass is 536 g/mol. The fourth-order valence-corrected chi connectivity index (χ4v) is 6.16. The van der Waals surface area contributed by atoms with Crippen molar-refractivity contribution < 1.29 is 18.0 Å². The van der Waals surface area contributed by atoms with E-state index in [1.54, 1.807) is 19.2 Å². The van der Waals surface area contributed by atoms with Gasteiger partial charge in [-0.05, 0) is 40.8 Å². The number of nitrogens with zero attached hydrogens (tertiary/aromatic N) is 6. The minimum absolute atomic E-state index is 0.0789. The highest BCUT2D eigenvalue weighted by Gasteiger charge is 2.57. The van der Waals surface area contributed by atoms with Crippen molar-refractivity contribution in [3.63, 3.8) is 0 Å². The molecule has 10 nitrogen and oxygen atoms in total. The first-order valence-electron chi connectivity index (χ1n) is 8.85. The molecule has 1 aromatic carbocycles. The van der Waals surface area contributed by atoms with Gasteiger partial charge in [-0.15, -0.1) is 0 Å². The van der Waals surface area contributed by atoms with Crippen LogP contribution >= 0.6 is 22.6 Å². The molecular formula is C18H13IN6O4S. The topological polar surface area (TPSA) is 120 Å². The zero-order valence-corrected chi connectivity index (χ0v) is 18.5. The molecule has 5 rings (SSSR count). The number of halogens is 1. The third-order valence-corrected chi connectivity index (χ3v) is 7.94. The number of carbonyl (C=O) groups excluding carboxylic acids is 2. The van der Waals surface area contributed by atoms with Crippen LogP contribution in [0.2, 0.25) is 0 Å². The molecule has 2 fully saturated rings. The molecule has 2 aromatic rings. The van der Waals surface area contributed by atoms with Crippen molar-refractivity contribution in [1.82, 2.24) is 18.8 Å². The third kappa shape index (κ3) is 2.45. The zero-order chi connectivity index (χ0) is 21.4. The summed E-state index contributed by atoms with van der Waals surface area (Å²) in [5.41, 5.74) is 1.19. The van der Waals surface area contributed by atoms with Gasteiger partial charge in [-0.25, -0.2) is 14.7 Å². The summed E-state index contributed by atoms with van der Waals surface area (Å²) in [5, 5.41) is 9.00. The number of aryl methyl sites for hydroxylation is 1. The van der Waals surface area contributed by atoms with E-state index in [0.29, 0.717) is 26.9 Å². The van der Waals surface area contributed by atoms with Gasteiger partial charge in [0, 0.05) is 23.2 Å². The number of aromatic nitrogens is 2. The number of urea groups is 1. The van der Waals surface area contributed by atoms with Gasteiger partial charge in [0.05, 0.1) is 35.9 Å². The molecule has 30 heavy (non-hydrogen) atoms. The molecule has 3 aliphatic rings. The molecular weight excluding hydrogens is 523 g/mol. The average molecular weight is 536 g/mol. The minimum Gasteiger partial charge on any atom is -0.339 e. The molecule has 0 spiro atoms. The first kappa shape index (κ1) is 19.1. The SMILES string of the molecule is Cn1cnc(S(=O)(=O)N2CC3CC2=C2C(=O)N(c4ccc(C#N)c(I)c4)C(=O)N23)c1. The lowest BCUT2D eigenvalue weighted by Gasteiger charge is -2.27. The Hall–Kier alpha value is -2.92. The second-order valence-corrected chi connectivity index (χ2v) is 10.1. The van der Waals surface area contributed by atoms with E-state index >= 15 is 0 Å². The molecule has 3 amide bonds. The molecule has 0 N–H and O–H groups in total. The Bertz CT molecular complexity index is 1320. The molecule has 0 saturated carbocycles. The average Bonchev–Trinajstić information content (AvgIpc) is 3.45. The lowest BCUT2D eigenvalue weighted by Crippen LogP contribution is -2.43. The summed E-state index contributed by atoms with van der Waals surface area (Å²) >= 11 is 1.97. The number of sulfonamides is 1. The Morgan fingerprint density at radius 1 is 1.30 bits per heavy atom. The molecule has 3 aliphatic heterocycles. The summed E-state index contributed by atoms with van der Waals surface area (Å²) in [7, 11) is -2.26. The summed E-state index contributed by atoms with van der Waals surface area (Å²) in [6.45, 7) is 0.0789. The van der Waals surface area contributed by atoms with Crippen LogP contribution in [-0.2, 0) is 21.9 Å². The molecule has 1 aromatic heterocycles. The van der Waals surface area contributed by atoms with Gasteiger partial charge in [-0.3, -0.25) is 14.0 Å². The number of benzene rings is 1. The van der Waals surface area contributed by atoms with E-state index in [-0.39, 0.29) is 17.3 Å². The second kappa shape index (κ2) is 6.29. The van der Waals surface area contributed by atoms with Crippen molar-refractivity contribution in [3.05, 3.63) is 51.3 Å². The Labute approximate surface area is 185 Å². The van der Waals surface area contributed by atoms with Gasteiger partial charge in [0.2, 0.25) is 0 Å². The second-order valence-electron chi connectivity index (χ2n) is 7.14. The number of hydrogen-bond acceptors (Lipinski definition) is 6. The minimum atomic E-state index is -3.93. The van der Waals surface area contributed by atoms with Crippen molar-refractivity contribution in [2.75, 3.05) is 11.4 Å². The van der Waals surface area contributed by atoms with Gasteiger partial charge in [-0.2, -0.15) is 13.7 Å². The van der Waals surface area contributed by atoms with E-state index < -0.39 is 28.0 Å². The van der Waals surface area contributed by atoms with Gasteiger partial charge in [0.1, 0.15) is 11.8 Å². The first-order valence-corrected chi connectivity index (χ1v) is 11.4. The first-order chi connectivity index (χ1) is 14.2. The summed E-state index contributed by atoms with van der Waals surface area (Å²) in [6.07, 6.45) is 3.10. The summed E-state index contributed by atoms with van der Waals surface area (Å²) in [6, 6.07) is 5.77. The smallest absolute Gasteiger partial charge is 0.336 e. The van der Waals surface area contributed by atoms with Gasteiger partial charge in [0.15, 0.2) is 5.03 Å². The molecule has 1 atom stereocenters. The maximum absolute atomic E-state index is 13.2. The third-order valence-electron chi connectivity index (χ3n) is 5.36. The van der Waals surface area contributed by atoms with Gasteiger partial charge in [-0.1, -0.05) is 0 Å². The number of imidazole rings is 1. The summed E-state index contributed by atoms with van der Waals surface area (Å²) < 4.78 is 29.4. The maximum Gasteiger partial charge on any atom is 0.336 e. The Kier molecular flexibility index (Phi) is 4.00. The lowest BCUT2D eigenvalue weighted by molar-refractivity contribution is -0.114. The largest absolute Gasteiger partial charge is 0.339 e. The Morgan fingerprint density at radius 3 is 2.70 bits per heavy atom. The molecule has 2 saturated heterocycles. The van der Waals surface area contributed by atoms with Crippen LogP contribution in [0.4, 0.5) is 10.5 Å². The molecule has 152 valence electrons. The number of imide groups is 1. The van der Waals surface area contributed by atoms with E-state index in [1.165, 1.54) is 32.4 Å². The van der Waals surface area contributed by atoms with Crippen LogP contribution in [0.15, 0.2) is 47.1 Å². The standard InChI is InChI=1S/C18H13IN6O4S/c1-22-8-15(21-9-22)30(28,29)23-7-12-5-14(23)16-17(26)25(18(27)24(12)16)11-3-2-10(6-20)13(19)4-11/h2-4,8-9,12H,5,7H2,1H3. The number of fused-ring (bicyclic) bond motifs is 4. The van der Waals surface area contributed by atoms with Crippen molar-refractivity contribution >= 4 is 50.2 Å². The molecule has 4 heterocycles. The quantitative estimate of drug-likeness (QED) is 0.432. The molecule has 0 aliphatic carbocycles. The van der Waals surface area contributed by atoms with Crippen LogP contribution < -0.4 is 4.90 Å². The molecule has 0 radical (unpaired) electrons. The maximum atomic E-state index is 13.2. The molecule has 12 heteroatoms. The van der Waals surface area contributed by atoms with Gasteiger partial charge < -0.3 is 4.57 Å². The fraction of sp³-hybridized carbons (Fsp3) is 0.222. The van der Waals surface area contributed by atoms with Crippen LogP contribution in [0.3, 0.4) is 0 Å². The van der Waals surface area contributed by atoms with Gasteiger partial charge in [0.25, 0.3) is 15.9 Å². The normalized spacial score (nSPS) is 20.4. The fourth-order valence-electron chi connectivity index (χ4n) is 4.02. The highest BCUT2D eigenvalue weighted by Crippen LogP contribution is 2.46. The van der Waals surface area contributed by atoms with Crippen LogP contribution in [0, 0.1) is 14.9 Å². The Morgan fingerprint density at radius 2 is 2.07 bits per heavy atom. The number of anilines is 1. The summed E-state index contributed by atoms with van der Waals surface area (Å²) in [5.74, 6) is -0.570. The number of carbonyl (C=O) groups is 2.